The summed E-state index contributed by atoms with van der Waals surface area (Å²) in [6.07, 6.45) is 0.430. The lowest BCUT2D eigenvalue weighted by atomic mass is 9.93. The maximum absolute atomic E-state index is 14.5. The molecule has 3 aromatic rings. The normalized spacial score (nSPS) is 22.5. The van der Waals surface area contributed by atoms with Crippen molar-refractivity contribution in [1.29, 1.82) is 0 Å². The second-order valence-corrected chi connectivity index (χ2v) is 9.77. The molecule has 37 heavy (non-hydrogen) atoms. The molecular formula is C26H32F4N6O. The average molecular weight is 521 g/mol. The first kappa shape index (κ1) is 25.6. The first-order valence-corrected chi connectivity index (χ1v) is 12.8. The van der Waals surface area contributed by atoms with Crippen LogP contribution in [0.3, 0.4) is 0 Å². The molecule has 0 spiro atoms. The number of nitrogens with zero attached hydrogens (tertiary/aromatic N) is 4. The first-order chi connectivity index (χ1) is 17.8. The van der Waals surface area contributed by atoms with E-state index in [9.17, 15) is 17.6 Å². The number of hydrogen-bond acceptors (Lipinski definition) is 6. The molecule has 1 aliphatic carbocycles. The lowest BCUT2D eigenvalue weighted by Gasteiger charge is -2.30. The molecular weight excluding hydrogens is 488 g/mol. The van der Waals surface area contributed by atoms with Crippen molar-refractivity contribution in [3.8, 4) is 5.75 Å². The van der Waals surface area contributed by atoms with Gasteiger partial charge in [-0.15, -0.1) is 0 Å². The molecule has 1 aromatic carbocycles. The fraction of sp³-hybridized carbons (Fsp3) is 0.538. The van der Waals surface area contributed by atoms with Gasteiger partial charge in [0.05, 0.1) is 28.6 Å². The zero-order valence-corrected chi connectivity index (χ0v) is 21.0. The lowest BCUT2D eigenvalue weighted by molar-refractivity contribution is -0.140. The van der Waals surface area contributed by atoms with Gasteiger partial charge in [-0.05, 0) is 58.2 Å². The Bertz CT molecular complexity index is 1240. The van der Waals surface area contributed by atoms with Crippen molar-refractivity contribution >= 4 is 22.5 Å². The van der Waals surface area contributed by atoms with Gasteiger partial charge >= 0.3 is 6.18 Å². The Morgan fingerprint density at radius 3 is 2.59 bits per heavy atom. The Morgan fingerprint density at radius 2 is 1.92 bits per heavy atom. The van der Waals surface area contributed by atoms with Crippen LogP contribution in [-0.2, 0) is 6.18 Å². The summed E-state index contributed by atoms with van der Waals surface area (Å²) in [5.41, 5.74) is -0.302. The highest BCUT2D eigenvalue weighted by atomic mass is 19.4. The van der Waals surface area contributed by atoms with E-state index < -0.39 is 17.6 Å². The maximum Gasteiger partial charge on any atom is 0.419 e. The molecule has 7 nitrogen and oxygen atoms in total. The number of hydrogen-bond donors (Lipinski definition) is 2. The van der Waals surface area contributed by atoms with E-state index in [0.29, 0.717) is 18.9 Å². The van der Waals surface area contributed by atoms with Crippen molar-refractivity contribution in [3.05, 3.63) is 41.8 Å². The van der Waals surface area contributed by atoms with E-state index in [-0.39, 0.29) is 17.9 Å². The quantitative estimate of drug-likeness (QED) is 0.408. The van der Waals surface area contributed by atoms with Crippen molar-refractivity contribution in [2.45, 2.75) is 63.4 Å². The van der Waals surface area contributed by atoms with Crippen LogP contribution in [0.25, 0.3) is 10.9 Å². The molecule has 2 fully saturated rings. The Morgan fingerprint density at radius 1 is 1.14 bits per heavy atom. The van der Waals surface area contributed by atoms with Crippen LogP contribution in [0.4, 0.5) is 29.2 Å². The van der Waals surface area contributed by atoms with Gasteiger partial charge in [-0.1, -0.05) is 6.07 Å². The summed E-state index contributed by atoms with van der Waals surface area (Å²) >= 11 is 0. The monoisotopic (exact) mass is 520 g/mol. The van der Waals surface area contributed by atoms with E-state index in [1.54, 1.807) is 0 Å². The Labute approximate surface area is 213 Å². The molecule has 3 heterocycles. The van der Waals surface area contributed by atoms with Gasteiger partial charge in [0.1, 0.15) is 5.82 Å². The molecule has 5 rings (SSSR count). The number of nitrogens with one attached hydrogen (secondary N) is 2. The van der Waals surface area contributed by atoms with Crippen LogP contribution in [0.15, 0.2) is 30.5 Å². The minimum atomic E-state index is -4.76. The molecule has 2 aromatic heterocycles. The largest absolute Gasteiger partial charge is 0.487 e. The minimum absolute atomic E-state index is 0.0991. The average Bonchev–Trinajstić information content (AvgIpc) is 3.50. The van der Waals surface area contributed by atoms with Crippen LogP contribution >= 0.6 is 0 Å². The number of pyridine rings is 1. The summed E-state index contributed by atoms with van der Waals surface area (Å²) in [6.45, 7) is 4.56. The third kappa shape index (κ3) is 5.18. The van der Waals surface area contributed by atoms with Crippen LogP contribution in [0.5, 0.6) is 5.75 Å². The van der Waals surface area contributed by atoms with E-state index in [4.69, 9.17) is 9.84 Å². The summed E-state index contributed by atoms with van der Waals surface area (Å²) in [4.78, 5) is 6.87. The molecule has 1 saturated heterocycles. The van der Waals surface area contributed by atoms with Crippen LogP contribution in [0.2, 0.25) is 0 Å². The molecule has 0 bridgehead atoms. The molecule has 1 saturated carbocycles. The first-order valence-electron chi connectivity index (χ1n) is 12.8. The topological polar surface area (TPSA) is 67.2 Å². The molecule has 2 aliphatic rings. The number of anilines is 2. The van der Waals surface area contributed by atoms with Crippen molar-refractivity contribution in [2.75, 3.05) is 36.9 Å². The summed E-state index contributed by atoms with van der Waals surface area (Å²) in [7, 11) is 1.97. The predicted molar refractivity (Wildman–Crippen MR) is 135 cm³/mol. The summed E-state index contributed by atoms with van der Waals surface area (Å²) in [5.74, 6) is 0.00956. The van der Waals surface area contributed by atoms with E-state index in [0.717, 1.165) is 67.5 Å². The highest BCUT2D eigenvalue weighted by molar-refractivity contribution is 5.91. The zero-order valence-electron chi connectivity index (χ0n) is 21.0. The molecule has 2 N–H and O–H groups in total. The van der Waals surface area contributed by atoms with Crippen LogP contribution in [0.1, 0.15) is 50.6 Å². The number of benzene rings is 1. The third-order valence-corrected chi connectivity index (χ3v) is 7.38. The summed E-state index contributed by atoms with van der Waals surface area (Å²) in [5, 5.41) is 12.7. The van der Waals surface area contributed by atoms with E-state index in [2.05, 4.69) is 25.2 Å². The van der Waals surface area contributed by atoms with Crippen molar-refractivity contribution < 1.29 is 22.3 Å². The number of fused-ring (bicyclic) bond motifs is 1. The molecule has 1 atom stereocenters. The van der Waals surface area contributed by atoms with Gasteiger partial charge in [0.25, 0.3) is 0 Å². The SMILES string of the molecule is CCNc1cc2c(cn1)c(N1CC[C@@H](NC)C1)nn2C1CCC(Oc2cccc(C(F)(F)F)c2F)CC1. The zero-order chi connectivity index (χ0) is 26.2. The number of alkyl halides is 3. The third-order valence-electron chi connectivity index (χ3n) is 7.38. The van der Waals surface area contributed by atoms with E-state index in [1.165, 1.54) is 12.1 Å². The number of rotatable bonds is 7. The van der Waals surface area contributed by atoms with E-state index in [1.807, 2.05) is 26.2 Å². The highest BCUT2D eigenvalue weighted by Gasteiger charge is 2.36. The van der Waals surface area contributed by atoms with Crippen molar-refractivity contribution in [2.24, 2.45) is 0 Å². The van der Waals surface area contributed by atoms with Gasteiger partial charge in [0.2, 0.25) is 0 Å². The van der Waals surface area contributed by atoms with Crippen molar-refractivity contribution in [3.63, 3.8) is 0 Å². The molecule has 0 unspecified atom stereocenters. The molecule has 0 amide bonds. The molecule has 1 aliphatic heterocycles. The van der Waals surface area contributed by atoms with Crippen LogP contribution in [-0.4, -0.2) is 53.6 Å². The summed E-state index contributed by atoms with van der Waals surface area (Å²) in [6, 6.07) is 5.71. The lowest BCUT2D eigenvalue weighted by Crippen LogP contribution is -2.30. The fourth-order valence-corrected chi connectivity index (χ4v) is 5.40. The number of halogens is 4. The van der Waals surface area contributed by atoms with Gasteiger partial charge in [-0.2, -0.15) is 18.3 Å². The minimum Gasteiger partial charge on any atom is -0.487 e. The fourth-order valence-electron chi connectivity index (χ4n) is 5.40. The Balaban J connectivity index is 1.35. The highest BCUT2D eigenvalue weighted by Crippen LogP contribution is 2.39. The Kier molecular flexibility index (Phi) is 7.15. The Hall–Kier alpha value is -3.08. The van der Waals surface area contributed by atoms with Gasteiger partial charge in [0.15, 0.2) is 17.4 Å². The summed E-state index contributed by atoms with van der Waals surface area (Å²) < 4.78 is 61.5. The number of likely N-dealkylation sites (N-methyl/N-ethyl adjacent to an activating group) is 1. The molecule has 200 valence electrons. The van der Waals surface area contributed by atoms with E-state index >= 15 is 0 Å². The molecule has 11 heteroatoms. The van der Waals surface area contributed by atoms with Gasteiger partial charge in [-0.25, -0.2) is 9.37 Å². The van der Waals surface area contributed by atoms with Gasteiger partial charge in [-0.3, -0.25) is 4.68 Å². The van der Waals surface area contributed by atoms with Crippen LogP contribution < -0.4 is 20.3 Å². The standard InChI is InChI=1S/C26H32F4N6O/c1-3-32-23-13-21-19(14-33-23)25(35-12-11-16(15-35)31-2)34-36(21)17-7-9-18(10-8-17)37-22-6-4-5-20(24(22)27)26(28,29)30/h4-6,13-14,16-18,31H,3,7-12,15H2,1-2H3,(H,32,33)/t16-,17?,18?/m1/s1. The second-order valence-electron chi connectivity index (χ2n) is 9.77. The predicted octanol–water partition coefficient (Wildman–Crippen LogP) is 5.38. The second kappa shape index (κ2) is 10.4. The smallest absolute Gasteiger partial charge is 0.419 e. The van der Waals surface area contributed by atoms with Crippen molar-refractivity contribution in [1.82, 2.24) is 20.1 Å². The van der Waals surface area contributed by atoms with Crippen LogP contribution in [0, 0.1) is 5.82 Å². The number of aromatic nitrogens is 3. The van der Waals surface area contributed by atoms with Gasteiger partial charge < -0.3 is 20.3 Å². The number of ether oxygens (including phenoxy) is 1. The maximum atomic E-state index is 14.5. The molecule has 0 radical (unpaired) electrons. The van der Waals surface area contributed by atoms with Gasteiger partial charge in [0, 0.05) is 37.9 Å².